The van der Waals surface area contributed by atoms with Crippen LogP contribution < -0.4 is 0 Å². The van der Waals surface area contributed by atoms with Gasteiger partial charge >= 0.3 is 0 Å². The summed E-state index contributed by atoms with van der Waals surface area (Å²) in [6.45, 7) is 2.22. The summed E-state index contributed by atoms with van der Waals surface area (Å²) in [6.07, 6.45) is 5.60. The smallest absolute Gasteiger partial charge is 0.0726 e. The van der Waals surface area contributed by atoms with Crippen molar-refractivity contribution in [3.8, 4) is 22.3 Å². The lowest BCUT2D eigenvalue weighted by Crippen LogP contribution is -2.25. The molecule has 1 unspecified atom stereocenters. The van der Waals surface area contributed by atoms with E-state index < -0.39 is 0 Å². The average Bonchev–Trinajstić information content (AvgIpc) is 3.70. The Labute approximate surface area is 226 Å². The molecular weight excluding hydrogens is 476 g/mol. The van der Waals surface area contributed by atoms with Gasteiger partial charge in [-0.2, -0.15) is 0 Å². The van der Waals surface area contributed by atoms with Crippen LogP contribution in [0.4, 0.5) is 0 Å². The van der Waals surface area contributed by atoms with Crippen LogP contribution in [0.1, 0.15) is 41.2 Å². The van der Waals surface area contributed by atoms with E-state index in [2.05, 4.69) is 122 Å². The Balaban J connectivity index is 1.41. The highest BCUT2D eigenvalue weighted by Gasteiger charge is 2.52. The van der Waals surface area contributed by atoms with Crippen molar-refractivity contribution in [2.45, 2.75) is 18.8 Å². The molecule has 3 aliphatic carbocycles. The van der Waals surface area contributed by atoms with Crippen LogP contribution >= 0.6 is 11.3 Å². The van der Waals surface area contributed by atoms with Crippen molar-refractivity contribution in [2.75, 3.05) is 0 Å². The highest BCUT2D eigenvalue weighted by Crippen LogP contribution is 2.64. The summed E-state index contributed by atoms with van der Waals surface area (Å²) < 4.78 is 2.77. The molecule has 0 radical (unpaired) electrons. The van der Waals surface area contributed by atoms with Crippen LogP contribution in [0, 0.1) is 0 Å². The molecule has 0 saturated carbocycles. The fourth-order valence-electron chi connectivity index (χ4n) is 7.47. The lowest BCUT2D eigenvalue weighted by molar-refractivity contribution is 0.794. The van der Waals surface area contributed by atoms with Crippen LogP contribution in [0.2, 0.25) is 0 Å². The topological polar surface area (TPSA) is 0 Å². The number of rotatable bonds is 1. The first-order valence-corrected chi connectivity index (χ1v) is 14.2. The number of hydrogen-bond donors (Lipinski definition) is 0. The third-order valence-electron chi connectivity index (χ3n) is 9.01. The quantitative estimate of drug-likeness (QED) is 0.210. The molecule has 0 nitrogen and oxygen atoms in total. The largest absolute Gasteiger partial charge is 0.135 e. The van der Waals surface area contributed by atoms with E-state index in [-0.39, 0.29) is 5.41 Å². The van der Waals surface area contributed by atoms with Crippen molar-refractivity contribution in [1.29, 1.82) is 0 Å². The zero-order chi connectivity index (χ0) is 25.0. The summed E-state index contributed by atoms with van der Waals surface area (Å²) in [6, 6.07) is 39.2. The average molecular weight is 501 g/mol. The predicted octanol–water partition coefficient (Wildman–Crippen LogP) is 10.1. The molecule has 0 amide bonds. The van der Waals surface area contributed by atoms with Crippen LogP contribution in [-0.2, 0) is 5.41 Å². The van der Waals surface area contributed by atoms with Crippen LogP contribution in [0.5, 0.6) is 0 Å². The zero-order valence-electron chi connectivity index (χ0n) is 21.1. The molecule has 1 spiro atoms. The van der Waals surface area contributed by atoms with Crippen molar-refractivity contribution < 1.29 is 0 Å². The molecular formula is C37H24S. The number of benzene rings is 5. The Morgan fingerprint density at radius 3 is 2.16 bits per heavy atom. The van der Waals surface area contributed by atoms with Crippen LogP contribution in [0.3, 0.4) is 0 Å². The van der Waals surface area contributed by atoms with Crippen LogP contribution in [-0.4, -0.2) is 0 Å². The lowest BCUT2D eigenvalue weighted by Gasteiger charge is -2.30. The second-order valence-corrected chi connectivity index (χ2v) is 12.0. The summed E-state index contributed by atoms with van der Waals surface area (Å²) in [7, 11) is 0. The fraction of sp³-hybridized carbons (Fsp3) is 0.0811. The van der Waals surface area contributed by atoms with Crippen molar-refractivity contribution in [3.63, 3.8) is 0 Å². The highest BCUT2D eigenvalue weighted by molar-refractivity contribution is 7.26. The molecule has 1 aromatic heterocycles. The molecule has 0 N–H and O–H groups in total. The second kappa shape index (κ2) is 7.22. The van der Waals surface area contributed by atoms with Gasteiger partial charge in [0, 0.05) is 25.7 Å². The molecule has 3 aliphatic rings. The van der Waals surface area contributed by atoms with E-state index in [9.17, 15) is 0 Å². The van der Waals surface area contributed by atoms with Gasteiger partial charge in [-0.15, -0.1) is 11.3 Å². The Hall–Kier alpha value is -4.20. The summed E-state index contributed by atoms with van der Waals surface area (Å²) in [5, 5.41) is 2.73. The van der Waals surface area contributed by atoms with E-state index >= 15 is 0 Å². The monoisotopic (exact) mass is 500 g/mol. The highest BCUT2D eigenvalue weighted by atomic mass is 32.1. The maximum Gasteiger partial charge on any atom is 0.0726 e. The van der Waals surface area contributed by atoms with E-state index in [4.69, 9.17) is 0 Å². The molecule has 1 heterocycles. The van der Waals surface area contributed by atoms with Crippen molar-refractivity contribution in [3.05, 3.63) is 149 Å². The maximum absolute atomic E-state index is 2.46. The van der Waals surface area contributed by atoms with E-state index in [0.29, 0.717) is 0 Å². The van der Waals surface area contributed by atoms with Gasteiger partial charge in [-0.25, -0.2) is 0 Å². The molecule has 0 aliphatic heterocycles. The lowest BCUT2D eigenvalue weighted by atomic mass is 9.70. The predicted molar refractivity (Wildman–Crippen MR) is 162 cm³/mol. The van der Waals surface area contributed by atoms with Gasteiger partial charge in [0.2, 0.25) is 0 Å². The van der Waals surface area contributed by atoms with Gasteiger partial charge in [-0.3, -0.25) is 0 Å². The third kappa shape index (κ3) is 2.41. The molecule has 178 valence electrons. The van der Waals surface area contributed by atoms with Crippen LogP contribution in [0.15, 0.2) is 121 Å². The van der Waals surface area contributed by atoms with Gasteiger partial charge < -0.3 is 0 Å². The molecule has 0 bridgehead atoms. The molecule has 5 aromatic carbocycles. The summed E-state index contributed by atoms with van der Waals surface area (Å²) in [5.74, 6) is 0. The van der Waals surface area contributed by atoms with Gasteiger partial charge in [0.25, 0.3) is 0 Å². The number of fused-ring (bicyclic) bond motifs is 14. The standard InChI is InChI=1S/C37H24S/c1-22-14-15-23(20-22)24-16-18-32-29(21-24)25-8-2-5-11-30(25)37(32)31-12-6-3-10-28(31)35-33(37)19-17-27-26-9-4-7-13-34(26)38-36(27)35/h2-19,21H,20H2,1H3. The van der Waals surface area contributed by atoms with Gasteiger partial charge in [0.1, 0.15) is 0 Å². The van der Waals surface area contributed by atoms with Gasteiger partial charge in [0.05, 0.1) is 5.41 Å². The Morgan fingerprint density at radius 2 is 1.32 bits per heavy atom. The number of hydrogen-bond acceptors (Lipinski definition) is 1. The van der Waals surface area contributed by atoms with Gasteiger partial charge in [0.15, 0.2) is 0 Å². The maximum atomic E-state index is 2.46. The first-order valence-electron chi connectivity index (χ1n) is 13.4. The van der Waals surface area contributed by atoms with Crippen molar-refractivity contribution in [2.24, 2.45) is 0 Å². The Bertz CT molecular complexity index is 2060. The molecule has 6 aromatic rings. The minimum Gasteiger partial charge on any atom is -0.135 e. The Morgan fingerprint density at radius 1 is 0.605 bits per heavy atom. The number of thiophene rings is 1. The summed E-state index contributed by atoms with van der Waals surface area (Å²) in [5.41, 5.74) is 15.1. The fourth-order valence-corrected chi connectivity index (χ4v) is 8.73. The minimum absolute atomic E-state index is 0.293. The van der Waals surface area contributed by atoms with E-state index in [1.165, 1.54) is 81.4 Å². The third-order valence-corrected chi connectivity index (χ3v) is 10.2. The molecule has 0 fully saturated rings. The first-order chi connectivity index (χ1) is 18.7. The summed E-state index contributed by atoms with van der Waals surface area (Å²) in [4.78, 5) is 0. The van der Waals surface area contributed by atoms with Crippen LogP contribution in [0.25, 0.3) is 48.0 Å². The molecule has 1 heteroatoms. The SMILES string of the molecule is CC1=CC=C(c2ccc3c(c2)-c2ccccc2C32c3ccccc3-c3c2ccc2c3sc3ccccc32)C1. The van der Waals surface area contributed by atoms with E-state index in [1.54, 1.807) is 0 Å². The van der Waals surface area contributed by atoms with Gasteiger partial charge in [-0.1, -0.05) is 109 Å². The number of allylic oxidation sites excluding steroid dienone is 4. The molecule has 9 rings (SSSR count). The first kappa shape index (κ1) is 20.8. The van der Waals surface area contributed by atoms with Gasteiger partial charge in [-0.05, 0) is 75.6 Å². The normalized spacial score (nSPS) is 18.4. The summed E-state index contributed by atoms with van der Waals surface area (Å²) >= 11 is 1.94. The van der Waals surface area contributed by atoms with Crippen molar-refractivity contribution in [1.82, 2.24) is 0 Å². The molecule has 0 saturated heterocycles. The van der Waals surface area contributed by atoms with E-state index in [0.717, 1.165) is 6.42 Å². The van der Waals surface area contributed by atoms with Crippen molar-refractivity contribution >= 4 is 37.1 Å². The molecule has 1 atom stereocenters. The second-order valence-electron chi connectivity index (χ2n) is 10.9. The molecule has 38 heavy (non-hydrogen) atoms. The Kier molecular flexibility index (Phi) is 3.95. The zero-order valence-corrected chi connectivity index (χ0v) is 21.9. The minimum atomic E-state index is -0.293. The van der Waals surface area contributed by atoms with E-state index in [1.807, 2.05) is 11.3 Å².